The summed E-state index contributed by atoms with van der Waals surface area (Å²) in [6.07, 6.45) is 0. The van der Waals surface area contributed by atoms with Crippen LogP contribution in [-0.2, 0) is 10.2 Å². The van der Waals surface area contributed by atoms with E-state index in [2.05, 4.69) is 9.12 Å². The number of hydrogen-bond donors (Lipinski definition) is 2. The lowest BCUT2D eigenvalue weighted by Gasteiger charge is -2.14. The quantitative estimate of drug-likeness (QED) is 0.777. The van der Waals surface area contributed by atoms with E-state index in [1.807, 2.05) is 43.3 Å². The Morgan fingerprint density at radius 1 is 1.29 bits per heavy atom. The highest BCUT2D eigenvalue weighted by Gasteiger charge is 2.29. The van der Waals surface area contributed by atoms with Crippen molar-refractivity contribution in [1.82, 2.24) is 4.72 Å². The summed E-state index contributed by atoms with van der Waals surface area (Å²) in [6, 6.07) is 6.90. The van der Waals surface area contributed by atoms with E-state index in [1.165, 1.54) is 0 Å². The number of nitrogens with one attached hydrogen (secondary N) is 1. The Balaban J connectivity index is 2.28. The summed E-state index contributed by atoms with van der Waals surface area (Å²) in [4.78, 5) is 1.96. The van der Waals surface area contributed by atoms with Gasteiger partial charge in [0.2, 0.25) is 0 Å². The molecule has 0 fully saturated rings. The number of anilines is 1. The molecule has 17 heavy (non-hydrogen) atoms. The molecule has 1 atom stereocenters. The average Bonchev–Trinajstić information content (AvgIpc) is 2.52. The van der Waals surface area contributed by atoms with Crippen LogP contribution >= 0.6 is 0 Å². The topological polar surface area (TPSA) is 87.8 Å². The molecule has 6 nitrogen and oxygen atoms in total. The van der Waals surface area contributed by atoms with Crippen molar-refractivity contribution in [3.05, 3.63) is 29.8 Å². The summed E-state index contributed by atoms with van der Waals surface area (Å²) in [5.74, 6) is 0.0719. The van der Waals surface area contributed by atoms with Crippen LogP contribution in [0.5, 0.6) is 0 Å². The van der Waals surface area contributed by atoms with Crippen LogP contribution < -0.4 is 15.4 Å². The molecule has 0 radical (unpaired) electrons. The molecule has 0 aliphatic carbocycles. The van der Waals surface area contributed by atoms with Crippen LogP contribution in [0, 0.1) is 0 Å². The molecule has 2 rings (SSSR count). The van der Waals surface area contributed by atoms with Crippen LogP contribution in [0.25, 0.3) is 0 Å². The van der Waals surface area contributed by atoms with E-state index >= 15 is 0 Å². The second-order valence-electron chi connectivity index (χ2n) is 4.03. The molecule has 0 amide bonds. The minimum absolute atomic E-state index is 0.0719. The third-order valence-electron chi connectivity index (χ3n) is 2.53. The van der Waals surface area contributed by atoms with Crippen molar-refractivity contribution in [2.45, 2.75) is 6.04 Å². The summed E-state index contributed by atoms with van der Waals surface area (Å²) >= 11 is 0. The molecule has 0 bridgehead atoms. The lowest BCUT2D eigenvalue weighted by atomic mass is 10.1. The smallest absolute Gasteiger partial charge is 0.322 e. The minimum Gasteiger partial charge on any atom is -0.385 e. The second kappa shape index (κ2) is 4.01. The highest BCUT2D eigenvalue weighted by Crippen LogP contribution is 2.22. The van der Waals surface area contributed by atoms with Crippen LogP contribution in [0.4, 0.5) is 5.69 Å². The second-order valence-corrected chi connectivity index (χ2v) is 5.40. The standard InChI is InChI=1S/C10H14N4O2S/c1-14(2)8-5-3-7(4-6-8)9-10(11)13-17(15,16)12-9/h3-6,9,12H,1-2H3,(H2,11,13)/t9-/m0/s1. The van der Waals surface area contributed by atoms with Crippen molar-refractivity contribution in [3.63, 3.8) is 0 Å². The van der Waals surface area contributed by atoms with Crippen LogP contribution in [0.3, 0.4) is 0 Å². The molecule has 7 heteroatoms. The molecule has 0 aromatic heterocycles. The molecular weight excluding hydrogens is 240 g/mol. The minimum atomic E-state index is -3.62. The van der Waals surface area contributed by atoms with E-state index < -0.39 is 16.3 Å². The SMILES string of the molecule is CN(C)c1ccc([C@@H]2NS(=O)(=O)N=C2N)cc1. The molecule has 0 spiro atoms. The number of hydrogen-bond acceptors (Lipinski definition) is 4. The Hall–Kier alpha value is -1.60. The van der Waals surface area contributed by atoms with Crippen molar-refractivity contribution in [3.8, 4) is 0 Å². The first-order chi connectivity index (χ1) is 7.89. The molecule has 1 heterocycles. The van der Waals surface area contributed by atoms with Crippen LogP contribution in [0.2, 0.25) is 0 Å². The third kappa shape index (κ3) is 2.40. The summed E-state index contributed by atoms with van der Waals surface area (Å²) in [6.45, 7) is 0. The van der Waals surface area contributed by atoms with E-state index in [9.17, 15) is 8.42 Å². The Morgan fingerprint density at radius 2 is 1.88 bits per heavy atom. The highest BCUT2D eigenvalue weighted by atomic mass is 32.2. The summed E-state index contributed by atoms with van der Waals surface area (Å²) in [5, 5.41) is 0. The van der Waals surface area contributed by atoms with Gasteiger partial charge in [-0.1, -0.05) is 12.1 Å². The van der Waals surface area contributed by atoms with Gasteiger partial charge in [-0.25, -0.2) is 0 Å². The van der Waals surface area contributed by atoms with Crippen molar-refractivity contribution in [1.29, 1.82) is 0 Å². The van der Waals surface area contributed by atoms with Gasteiger partial charge in [-0.2, -0.15) is 13.1 Å². The molecule has 1 aliphatic rings. The van der Waals surface area contributed by atoms with Crippen molar-refractivity contribution < 1.29 is 8.42 Å². The zero-order valence-electron chi connectivity index (χ0n) is 9.58. The third-order valence-corrected chi connectivity index (χ3v) is 3.52. The van der Waals surface area contributed by atoms with E-state index in [4.69, 9.17) is 5.73 Å². The van der Waals surface area contributed by atoms with Crippen LogP contribution in [0.1, 0.15) is 11.6 Å². The fraction of sp³-hybridized carbons (Fsp3) is 0.300. The molecular formula is C10H14N4O2S. The zero-order chi connectivity index (χ0) is 12.6. The van der Waals surface area contributed by atoms with Gasteiger partial charge in [-0.05, 0) is 17.7 Å². The fourth-order valence-corrected chi connectivity index (χ4v) is 2.62. The maximum absolute atomic E-state index is 11.2. The van der Waals surface area contributed by atoms with E-state index in [0.717, 1.165) is 11.3 Å². The first kappa shape index (κ1) is 11.9. The van der Waals surface area contributed by atoms with E-state index in [0.29, 0.717) is 0 Å². The molecule has 1 aromatic rings. The Morgan fingerprint density at radius 3 is 2.29 bits per heavy atom. The number of benzene rings is 1. The van der Waals surface area contributed by atoms with Crippen LogP contribution in [-0.4, -0.2) is 28.3 Å². The van der Waals surface area contributed by atoms with Gasteiger partial charge in [0.1, 0.15) is 11.9 Å². The first-order valence-corrected chi connectivity index (χ1v) is 6.48. The van der Waals surface area contributed by atoms with Gasteiger partial charge in [0.15, 0.2) is 0 Å². The lowest BCUT2D eigenvalue weighted by Crippen LogP contribution is -2.28. The van der Waals surface area contributed by atoms with Crippen molar-refractivity contribution in [2.24, 2.45) is 10.1 Å². The van der Waals surface area contributed by atoms with Gasteiger partial charge in [0.25, 0.3) is 0 Å². The predicted octanol–water partition coefficient (Wildman–Crippen LogP) is -0.00110. The highest BCUT2D eigenvalue weighted by molar-refractivity contribution is 7.88. The van der Waals surface area contributed by atoms with Crippen molar-refractivity contribution in [2.75, 3.05) is 19.0 Å². The van der Waals surface area contributed by atoms with Crippen LogP contribution in [0.15, 0.2) is 28.7 Å². The van der Waals surface area contributed by atoms with Gasteiger partial charge >= 0.3 is 10.2 Å². The number of amidine groups is 1. The van der Waals surface area contributed by atoms with E-state index in [1.54, 1.807) is 0 Å². The first-order valence-electron chi connectivity index (χ1n) is 5.04. The monoisotopic (exact) mass is 254 g/mol. The maximum atomic E-state index is 11.2. The summed E-state index contributed by atoms with van der Waals surface area (Å²) < 4.78 is 28.2. The normalized spacial score (nSPS) is 22.2. The Bertz CT molecular complexity index is 548. The largest absolute Gasteiger partial charge is 0.385 e. The van der Waals surface area contributed by atoms with Gasteiger partial charge in [-0.15, -0.1) is 4.40 Å². The van der Waals surface area contributed by atoms with Crippen molar-refractivity contribution >= 4 is 21.7 Å². The van der Waals surface area contributed by atoms with Gasteiger partial charge in [-0.3, -0.25) is 0 Å². The molecule has 3 N–H and O–H groups in total. The summed E-state index contributed by atoms with van der Waals surface area (Å²) in [7, 11) is 0.251. The van der Waals surface area contributed by atoms with Gasteiger partial charge in [0, 0.05) is 19.8 Å². The number of rotatable bonds is 2. The molecule has 1 aromatic carbocycles. The zero-order valence-corrected chi connectivity index (χ0v) is 10.4. The molecule has 0 saturated carbocycles. The van der Waals surface area contributed by atoms with E-state index in [-0.39, 0.29) is 5.84 Å². The fourth-order valence-electron chi connectivity index (χ4n) is 1.63. The average molecular weight is 254 g/mol. The maximum Gasteiger partial charge on any atom is 0.322 e. The molecule has 1 aliphatic heterocycles. The van der Waals surface area contributed by atoms with Gasteiger partial charge < -0.3 is 10.6 Å². The molecule has 92 valence electrons. The van der Waals surface area contributed by atoms with Gasteiger partial charge in [0.05, 0.1) is 0 Å². The lowest BCUT2D eigenvalue weighted by molar-refractivity contribution is 0.585. The number of nitrogens with two attached hydrogens (primary N) is 1. The molecule has 0 unspecified atom stereocenters. The summed E-state index contributed by atoms with van der Waals surface area (Å²) in [5.41, 5.74) is 7.39. The Kier molecular flexibility index (Phi) is 2.80. The predicted molar refractivity (Wildman–Crippen MR) is 67.2 cm³/mol. The number of nitrogens with zero attached hydrogens (tertiary/aromatic N) is 2. The Labute approximate surface area is 100 Å². The molecule has 0 saturated heterocycles.